The molecule has 0 spiro atoms. The smallest absolute Gasteiger partial charge is 0.255 e. The molecule has 3 heterocycles. The second-order valence-corrected chi connectivity index (χ2v) is 7.95. The summed E-state index contributed by atoms with van der Waals surface area (Å²) in [6, 6.07) is 4.14. The van der Waals surface area contributed by atoms with Crippen molar-refractivity contribution in [2.24, 2.45) is 5.92 Å². The number of rotatable bonds is 7. The highest BCUT2D eigenvalue weighted by Gasteiger charge is 2.28. The SMILES string of the molecule is CCC[C@H](C)Nc1ccc(C(=O)N2CCC(CN3CCCC3=O)CC2)cn1. The Hall–Kier alpha value is -2.11. The molecule has 0 radical (unpaired) electrons. The lowest BCUT2D eigenvalue weighted by Gasteiger charge is -2.34. The van der Waals surface area contributed by atoms with Gasteiger partial charge in [-0.3, -0.25) is 9.59 Å². The fraction of sp³-hybridized carbons (Fsp3) is 0.667. The lowest BCUT2D eigenvalue weighted by atomic mass is 9.96. The van der Waals surface area contributed by atoms with Gasteiger partial charge in [0.1, 0.15) is 5.82 Å². The zero-order valence-electron chi connectivity index (χ0n) is 16.6. The van der Waals surface area contributed by atoms with Crippen molar-refractivity contribution < 1.29 is 9.59 Å². The maximum Gasteiger partial charge on any atom is 0.255 e. The van der Waals surface area contributed by atoms with Gasteiger partial charge in [0.25, 0.3) is 5.91 Å². The van der Waals surface area contributed by atoms with Crippen LogP contribution in [0.3, 0.4) is 0 Å². The minimum atomic E-state index is 0.0614. The first-order chi connectivity index (χ1) is 13.1. The van der Waals surface area contributed by atoms with Gasteiger partial charge in [-0.15, -0.1) is 0 Å². The zero-order chi connectivity index (χ0) is 19.2. The Balaban J connectivity index is 1.48. The third kappa shape index (κ3) is 5.21. The van der Waals surface area contributed by atoms with Crippen LogP contribution in [0.5, 0.6) is 0 Å². The highest BCUT2D eigenvalue weighted by Crippen LogP contribution is 2.22. The van der Waals surface area contributed by atoms with Crippen molar-refractivity contribution in [2.45, 2.75) is 58.4 Å². The number of nitrogens with one attached hydrogen (secondary N) is 1. The predicted octanol–water partition coefficient (Wildman–Crippen LogP) is 3.16. The number of likely N-dealkylation sites (tertiary alicyclic amines) is 2. The number of hydrogen-bond donors (Lipinski definition) is 1. The van der Waals surface area contributed by atoms with E-state index in [9.17, 15) is 9.59 Å². The van der Waals surface area contributed by atoms with E-state index in [0.29, 0.717) is 29.9 Å². The summed E-state index contributed by atoms with van der Waals surface area (Å²) in [4.78, 5) is 32.9. The number of pyridine rings is 1. The molecule has 1 aromatic rings. The third-order valence-electron chi connectivity index (χ3n) is 5.68. The molecule has 2 fully saturated rings. The molecule has 1 atom stereocenters. The van der Waals surface area contributed by atoms with E-state index in [2.05, 4.69) is 24.1 Å². The van der Waals surface area contributed by atoms with E-state index in [1.165, 1.54) is 0 Å². The number of carbonyl (C=O) groups is 2. The quantitative estimate of drug-likeness (QED) is 0.798. The number of piperidine rings is 1. The highest BCUT2D eigenvalue weighted by molar-refractivity contribution is 5.94. The molecule has 6 nitrogen and oxygen atoms in total. The molecule has 0 aliphatic carbocycles. The molecule has 0 saturated carbocycles. The molecule has 1 aromatic heterocycles. The molecule has 2 aliphatic heterocycles. The van der Waals surface area contributed by atoms with Crippen LogP contribution in [0.2, 0.25) is 0 Å². The Labute approximate surface area is 162 Å². The first kappa shape index (κ1) is 19.6. The van der Waals surface area contributed by atoms with E-state index < -0.39 is 0 Å². The fourth-order valence-electron chi connectivity index (χ4n) is 4.07. The van der Waals surface area contributed by atoms with E-state index in [0.717, 1.165) is 64.1 Å². The Morgan fingerprint density at radius 2 is 2.07 bits per heavy atom. The summed E-state index contributed by atoms with van der Waals surface area (Å²) in [5, 5.41) is 3.36. The lowest BCUT2D eigenvalue weighted by molar-refractivity contribution is -0.128. The van der Waals surface area contributed by atoms with Crippen LogP contribution in [0.15, 0.2) is 18.3 Å². The van der Waals surface area contributed by atoms with Crippen molar-refractivity contribution in [3.63, 3.8) is 0 Å². The average Bonchev–Trinajstić information content (AvgIpc) is 3.07. The Bertz CT molecular complexity index is 638. The maximum atomic E-state index is 12.7. The van der Waals surface area contributed by atoms with Crippen LogP contribution in [-0.2, 0) is 4.79 Å². The van der Waals surface area contributed by atoms with Crippen LogP contribution >= 0.6 is 0 Å². The molecule has 0 bridgehead atoms. The van der Waals surface area contributed by atoms with Crippen molar-refractivity contribution >= 4 is 17.6 Å². The zero-order valence-corrected chi connectivity index (χ0v) is 16.6. The molecule has 1 N–H and O–H groups in total. The van der Waals surface area contributed by atoms with Gasteiger partial charge in [0.05, 0.1) is 5.56 Å². The molecule has 2 saturated heterocycles. The second kappa shape index (κ2) is 9.20. The molecule has 2 aliphatic rings. The Morgan fingerprint density at radius 1 is 1.30 bits per heavy atom. The fourth-order valence-corrected chi connectivity index (χ4v) is 4.07. The second-order valence-electron chi connectivity index (χ2n) is 7.95. The summed E-state index contributed by atoms with van der Waals surface area (Å²) in [6.07, 6.45) is 7.54. The Morgan fingerprint density at radius 3 is 2.67 bits per heavy atom. The van der Waals surface area contributed by atoms with Gasteiger partial charge in [0, 0.05) is 44.8 Å². The molecule has 0 unspecified atom stereocenters. The van der Waals surface area contributed by atoms with Crippen LogP contribution in [0.4, 0.5) is 5.82 Å². The molecule has 2 amide bonds. The molecule has 148 valence electrons. The first-order valence-electron chi connectivity index (χ1n) is 10.4. The Kier molecular flexibility index (Phi) is 6.69. The largest absolute Gasteiger partial charge is 0.368 e. The average molecular weight is 373 g/mol. The van der Waals surface area contributed by atoms with Crippen LogP contribution in [-0.4, -0.2) is 58.8 Å². The van der Waals surface area contributed by atoms with Gasteiger partial charge in [0.2, 0.25) is 5.91 Å². The minimum Gasteiger partial charge on any atom is -0.368 e. The van der Waals surface area contributed by atoms with Gasteiger partial charge in [0.15, 0.2) is 0 Å². The molecule has 27 heavy (non-hydrogen) atoms. The van der Waals surface area contributed by atoms with Crippen LogP contribution in [0, 0.1) is 5.92 Å². The van der Waals surface area contributed by atoms with E-state index in [1.807, 2.05) is 21.9 Å². The van der Waals surface area contributed by atoms with Gasteiger partial charge in [-0.25, -0.2) is 4.98 Å². The number of aromatic nitrogens is 1. The maximum absolute atomic E-state index is 12.7. The first-order valence-corrected chi connectivity index (χ1v) is 10.4. The van der Waals surface area contributed by atoms with Crippen molar-refractivity contribution in [3.8, 4) is 0 Å². The molecular formula is C21H32N4O2. The number of amides is 2. The standard InChI is InChI=1S/C21H32N4O2/c1-3-5-16(2)23-19-8-7-18(14-22-19)21(27)24-12-9-17(10-13-24)15-25-11-4-6-20(25)26/h7-8,14,16-17H,3-6,9-13,15H2,1-2H3,(H,22,23)/t16-/m0/s1. The van der Waals surface area contributed by atoms with Crippen molar-refractivity contribution in [1.29, 1.82) is 0 Å². The highest BCUT2D eigenvalue weighted by atomic mass is 16.2. The van der Waals surface area contributed by atoms with Crippen molar-refractivity contribution in [3.05, 3.63) is 23.9 Å². The van der Waals surface area contributed by atoms with Crippen LogP contribution in [0.25, 0.3) is 0 Å². The lowest BCUT2D eigenvalue weighted by Crippen LogP contribution is -2.41. The summed E-state index contributed by atoms with van der Waals surface area (Å²) >= 11 is 0. The van der Waals surface area contributed by atoms with E-state index >= 15 is 0 Å². The molecule has 6 heteroatoms. The van der Waals surface area contributed by atoms with E-state index in [4.69, 9.17) is 0 Å². The van der Waals surface area contributed by atoms with Gasteiger partial charge in [-0.1, -0.05) is 13.3 Å². The van der Waals surface area contributed by atoms with Crippen molar-refractivity contribution in [1.82, 2.24) is 14.8 Å². The summed E-state index contributed by atoms with van der Waals surface area (Å²) < 4.78 is 0. The normalized spacial score (nSPS) is 19.4. The molecule has 3 rings (SSSR count). The van der Waals surface area contributed by atoms with Gasteiger partial charge < -0.3 is 15.1 Å². The molecular weight excluding hydrogens is 340 g/mol. The van der Waals surface area contributed by atoms with Gasteiger partial charge >= 0.3 is 0 Å². The van der Waals surface area contributed by atoms with E-state index in [-0.39, 0.29) is 5.91 Å². The molecule has 0 aromatic carbocycles. The van der Waals surface area contributed by atoms with Gasteiger partial charge in [-0.05, 0) is 50.7 Å². The summed E-state index contributed by atoms with van der Waals surface area (Å²) in [6.45, 7) is 7.60. The monoisotopic (exact) mass is 372 g/mol. The number of nitrogens with zero attached hydrogens (tertiary/aromatic N) is 3. The number of carbonyl (C=O) groups excluding carboxylic acids is 2. The van der Waals surface area contributed by atoms with Crippen molar-refractivity contribution in [2.75, 3.05) is 31.5 Å². The topological polar surface area (TPSA) is 65.5 Å². The minimum absolute atomic E-state index is 0.0614. The number of hydrogen-bond acceptors (Lipinski definition) is 4. The van der Waals surface area contributed by atoms with Gasteiger partial charge in [-0.2, -0.15) is 0 Å². The third-order valence-corrected chi connectivity index (χ3v) is 5.68. The number of anilines is 1. The summed E-state index contributed by atoms with van der Waals surface area (Å²) in [7, 11) is 0. The van der Waals surface area contributed by atoms with E-state index in [1.54, 1.807) is 6.20 Å². The predicted molar refractivity (Wildman–Crippen MR) is 107 cm³/mol. The summed E-state index contributed by atoms with van der Waals surface area (Å²) in [5.74, 6) is 1.69. The van der Waals surface area contributed by atoms with Crippen LogP contribution in [0.1, 0.15) is 62.7 Å². The van der Waals surface area contributed by atoms with Crippen LogP contribution < -0.4 is 5.32 Å². The summed E-state index contributed by atoms with van der Waals surface area (Å²) in [5.41, 5.74) is 0.650.